The smallest absolute Gasteiger partial charge is 0.0937 e. The lowest BCUT2D eigenvalue weighted by Crippen LogP contribution is -1.86. The number of alkyl halides is 1. The maximum Gasteiger partial charge on any atom is 0.0937 e. The molecule has 0 bridgehead atoms. The Morgan fingerprint density at radius 2 is 1.79 bits per heavy atom. The van der Waals surface area contributed by atoms with Gasteiger partial charge in [-0.2, -0.15) is 0 Å². The van der Waals surface area contributed by atoms with Crippen LogP contribution in [-0.2, 0) is 0 Å². The molecule has 0 rings (SSSR count). The predicted octanol–water partition coefficient (Wildman–Crippen LogP) is 4.23. The molecule has 0 saturated carbocycles. The van der Waals surface area contributed by atoms with Gasteiger partial charge in [-0.3, -0.25) is 0 Å². The molecule has 0 aliphatic rings. The van der Waals surface area contributed by atoms with E-state index >= 15 is 0 Å². The summed E-state index contributed by atoms with van der Waals surface area (Å²) in [5.41, 5.74) is 0. The van der Waals surface area contributed by atoms with Crippen molar-refractivity contribution < 1.29 is 0 Å². The molecule has 1 unspecified atom stereocenters. The van der Waals surface area contributed by atoms with Gasteiger partial charge in [-0.05, 0) is 12.8 Å². The van der Waals surface area contributed by atoms with Crippen LogP contribution in [0, 0.1) is 24.7 Å². The van der Waals surface area contributed by atoms with Crippen molar-refractivity contribution in [3.63, 3.8) is 0 Å². The lowest BCUT2D eigenvalue weighted by Gasteiger charge is -1.90. The zero-order chi connectivity index (χ0) is 11.2. The third-order valence-electron chi connectivity index (χ3n) is 1.71. The van der Waals surface area contributed by atoms with Gasteiger partial charge in [-0.15, -0.1) is 30.4 Å². The molecule has 0 spiro atoms. The van der Waals surface area contributed by atoms with E-state index in [0.29, 0.717) is 0 Å². The average molecular weight is 213 g/mol. The summed E-state index contributed by atoms with van der Waals surface area (Å²) in [4.78, 5) is 0. The van der Waals surface area contributed by atoms with Gasteiger partial charge < -0.3 is 0 Å². The summed E-state index contributed by atoms with van der Waals surface area (Å²) in [6, 6.07) is 0. The monoisotopic (exact) mass is 212 g/mol. The van der Waals surface area contributed by atoms with Crippen molar-refractivity contribution in [2.45, 2.75) is 57.7 Å². The van der Waals surface area contributed by atoms with E-state index in [0.717, 1.165) is 12.8 Å². The molecule has 0 saturated heterocycles. The lowest BCUT2D eigenvalue weighted by molar-refractivity contribution is 0.680. The van der Waals surface area contributed by atoms with Crippen LogP contribution in [0.2, 0.25) is 0 Å². The summed E-state index contributed by atoms with van der Waals surface area (Å²) >= 11 is 5.41. The second kappa shape index (κ2) is 14.9. The van der Waals surface area contributed by atoms with Gasteiger partial charge in [0.15, 0.2) is 0 Å². The molecule has 0 aliphatic heterocycles. The van der Waals surface area contributed by atoms with Crippen LogP contribution in [-0.4, -0.2) is 5.38 Å². The van der Waals surface area contributed by atoms with Crippen molar-refractivity contribution in [3.05, 3.63) is 0 Å². The first kappa shape index (κ1) is 15.9. The van der Waals surface area contributed by atoms with Gasteiger partial charge >= 0.3 is 0 Å². The van der Waals surface area contributed by atoms with Gasteiger partial charge in [-0.25, -0.2) is 0 Å². The van der Waals surface area contributed by atoms with E-state index in [4.69, 9.17) is 24.4 Å². The molecule has 0 aromatic heterocycles. The van der Waals surface area contributed by atoms with Crippen molar-refractivity contribution in [2.75, 3.05) is 0 Å². The Labute approximate surface area is 94.4 Å². The Hall–Kier alpha value is -0.590. The Morgan fingerprint density at radius 3 is 2.07 bits per heavy atom. The van der Waals surface area contributed by atoms with Crippen molar-refractivity contribution in [2.24, 2.45) is 0 Å². The molecule has 0 aromatic carbocycles. The molecular weight excluding hydrogens is 192 g/mol. The number of unbranched alkanes of at least 4 members (excludes halogenated alkanes) is 4. The summed E-state index contributed by atoms with van der Waals surface area (Å²) in [5, 5.41) is -0.0648. The number of halogens is 1. The Morgan fingerprint density at radius 1 is 1.14 bits per heavy atom. The van der Waals surface area contributed by atoms with Crippen LogP contribution in [0.5, 0.6) is 0 Å². The molecule has 0 radical (unpaired) electrons. The highest BCUT2D eigenvalue weighted by molar-refractivity contribution is 6.22. The Balaban J connectivity index is 0. The van der Waals surface area contributed by atoms with E-state index in [-0.39, 0.29) is 5.38 Å². The predicted molar refractivity (Wildman–Crippen MR) is 66.4 cm³/mol. The number of terminal acetylenes is 2. The third kappa shape index (κ3) is 17.5. The maximum absolute atomic E-state index is 5.41. The van der Waals surface area contributed by atoms with E-state index in [9.17, 15) is 0 Å². The van der Waals surface area contributed by atoms with Crippen molar-refractivity contribution in [3.8, 4) is 24.7 Å². The normalized spacial score (nSPS) is 10.4. The first-order chi connectivity index (χ1) is 6.72. The fourth-order valence-corrected chi connectivity index (χ4v) is 0.772. The molecule has 0 heterocycles. The van der Waals surface area contributed by atoms with E-state index in [1.165, 1.54) is 25.7 Å². The molecule has 0 aliphatic carbocycles. The number of hydrogen-bond acceptors (Lipinski definition) is 0. The molecule has 14 heavy (non-hydrogen) atoms. The van der Waals surface area contributed by atoms with Crippen LogP contribution in [0.25, 0.3) is 0 Å². The van der Waals surface area contributed by atoms with Gasteiger partial charge in [0.05, 0.1) is 5.38 Å². The van der Waals surface area contributed by atoms with Crippen LogP contribution < -0.4 is 0 Å². The van der Waals surface area contributed by atoms with E-state index < -0.39 is 0 Å². The van der Waals surface area contributed by atoms with Crippen molar-refractivity contribution in [1.29, 1.82) is 0 Å². The topological polar surface area (TPSA) is 0 Å². The molecule has 0 N–H and O–H groups in total. The van der Waals surface area contributed by atoms with Crippen LogP contribution in [0.1, 0.15) is 52.4 Å². The lowest BCUT2D eigenvalue weighted by atomic mass is 10.2. The van der Waals surface area contributed by atoms with Gasteiger partial charge in [0.2, 0.25) is 0 Å². The first-order valence-corrected chi connectivity index (χ1v) is 5.70. The fraction of sp³-hybridized carbons (Fsp3) is 0.692. The third-order valence-corrected chi connectivity index (χ3v) is 2.15. The quantitative estimate of drug-likeness (QED) is 0.364. The minimum Gasteiger partial charge on any atom is -0.120 e. The van der Waals surface area contributed by atoms with Gasteiger partial charge in [0.1, 0.15) is 0 Å². The molecule has 80 valence electrons. The highest BCUT2D eigenvalue weighted by Gasteiger charge is 1.88. The Kier molecular flexibility index (Phi) is 16.9. The number of hydrogen-bond donors (Lipinski definition) is 0. The standard InChI is InChI=1S/C8H14.C5H7Cl/c1-3-5-7-8-6-4-2;1-3-5(6)4-2/h1H,4-8H2,2H3;1,5H,4H2,2H3. The SMILES string of the molecule is C#CC(Cl)CC.C#CCCCCCC. The Bertz CT molecular complexity index is 171. The van der Waals surface area contributed by atoms with Gasteiger partial charge in [-0.1, -0.05) is 39.0 Å². The maximum atomic E-state index is 5.41. The molecule has 1 atom stereocenters. The minimum absolute atomic E-state index is 0.0648. The molecule has 0 amide bonds. The first-order valence-electron chi connectivity index (χ1n) is 5.26. The largest absolute Gasteiger partial charge is 0.120 e. The fourth-order valence-electron chi connectivity index (χ4n) is 0.772. The molecular formula is C13H21Cl. The van der Waals surface area contributed by atoms with Gasteiger partial charge in [0.25, 0.3) is 0 Å². The highest BCUT2D eigenvalue weighted by Crippen LogP contribution is 2.00. The summed E-state index contributed by atoms with van der Waals surface area (Å²) < 4.78 is 0. The second-order valence-electron chi connectivity index (χ2n) is 3.06. The average Bonchev–Trinajstić information content (AvgIpc) is 2.24. The van der Waals surface area contributed by atoms with E-state index in [2.05, 4.69) is 18.8 Å². The second-order valence-corrected chi connectivity index (χ2v) is 3.58. The molecule has 0 nitrogen and oxygen atoms in total. The summed E-state index contributed by atoms with van der Waals surface area (Å²) in [5.74, 6) is 5.01. The number of rotatable bonds is 5. The highest BCUT2D eigenvalue weighted by atomic mass is 35.5. The molecule has 1 heteroatoms. The van der Waals surface area contributed by atoms with Crippen LogP contribution in [0.4, 0.5) is 0 Å². The summed E-state index contributed by atoms with van der Waals surface area (Å²) in [6.07, 6.45) is 16.9. The zero-order valence-corrected chi connectivity index (χ0v) is 10.1. The van der Waals surface area contributed by atoms with Crippen LogP contribution in [0.3, 0.4) is 0 Å². The van der Waals surface area contributed by atoms with E-state index in [1.54, 1.807) is 0 Å². The van der Waals surface area contributed by atoms with Crippen LogP contribution in [0.15, 0.2) is 0 Å². The molecule has 0 fully saturated rings. The van der Waals surface area contributed by atoms with Crippen LogP contribution >= 0.6 is 11.6 Å². The van der Waals surface area contributed by atoms with E-state index in [1.807, 2.05) is 6.92 Å². The van der Waals surface area contributed by atoms with Gasteiger partial charge in [0, 0.05) is 6.42 Å². The molecule has 0 aromatic rings. The summed E-state index contributed by atoms with van der Waals surface area (Å²) in [6.45, 7) is 4.16. The van der Waals surface area contributed by atoms with Crippen molar-refractivity contribution >= 4 is 11.6 Å². The minimum atomic E-state index is -0.0648. The summed E-state index contributed by atoms with van der Waals surface area (Å²) in [7, 11) is 0. The van der Waals surface area contributed by atoms with Crippen molar-refractivity contribution in [1.82, 2.24) is 0 Å². The zero-order valence-electron chi connectivity index (χ0n) is 9.35.